The van der Waals surface area contributed by atoms with Crippen LogP contribution in [0.25, 0.3) is 11.5 Å². The Labute approximate surface area is 155 Å². The largest absolute Gasteiger partial charge is 0.403 e. The van der Waals surface area contributed by atoms with Gasteiger partial charge in [-0.05, 0) is 43.2 Å². The molecule has 3 rings (SSSR count). The van der Waals surface area contributed by atoms with E-state index in [1.54, 1.807) is 18.2 Å². The van der Waals surface area contributed by atoms with E-state index in [1.807, 2.05) is 32.0 Å². The highest BCUT2D eigenvalue weighted by Gasteiger charge is 2.15. The van der Waals surface area contributed by atoms with Crippen molar-refractivity contribution in [3.8, 4) is 11.5 Å². The Bertz CT molecular complexity index is 938. The van der Waals surface area contributed by atoms with Gasteiger partial charge in [0, 0.05) is 5.02 Å². The van der Waals surface area contributed by atoms with E-state index in [4.69, 9.17) is 27.6 Å². The average molecular weight is 376 g/mol. The van der Waals surface area contributed by atoms with Crippen molar-refractivity contribution in [1.29, 1.82) is 0 Å². The van der Waals surface area contributed by atoms with E-state index in [0.29, 0.717) is 15.6 Å². The van der Waals surface area contributed by atoms with Gasteiger partial charge in [0.2, 0.25) is 5.91 Å². The number of anilines is 1. The third kappa shape index (κ3) is 4.18. The zero-order chi connectivity index (χ0) is 18.0. The monoisotopic (exact) mass is 375 g/mol. The van der Waals surface area contributed by atoms with E-state index in [9.17, 15) is 4.79 Å². The van der Waals surface area contributed by atoms with Gasteiger partial charge >= 0.3 is 6.01 Å². The van der Waals surface area contributed by atoms with Gasteiger partial charge in [-0.1, -0.05) is 52.1 Å². The fraction of sp³-hybridized carbons (Fsp3) is 0.167. The van der Waals surface area contributed by atoms with E-state index in [2.05, 4.69) is 15.5 Å². The third-order valence-corrected chi connectivity index (χ3v) is 4.25. The summed E-state index contributed by atoms with van der Waals surface area (Å²) in [5.74, 6) is -0.0457. The first-order valence-electron chi connectivity index (χ1n) is 7.57. The van der Waals surface area contributed by atoms with Gasteiger partial charge < -0.3 is 4.42 Å². The minimum Gasteiger partial charge on any atom is -0.403 e. The van der Waals surface area contributed by atoms with Crippen molar-refractivity contribution in [3.05, 3.63) is 63.1 Å². The maximum absolute atomic E-state index is 12.2. The van der Waals surface area contributed by atoms with Gasteiger partial charge in [0.25, 0.3) is 5.89 Å². The summed E-state index contributed by atoms with van der Waals surface area (Å²) in [5.41, 5.74) is 3.62. The number of rotatable bonds is 4. The Morgan fingerprint density at radius 2 is 1.92 bits per heavy atom. The van der Waals surface area contributed by atoms with Crippen molar-refractivity contribution in [2.24, 2.45) is 0 Å². The van der Waals surface area contributed by atoms with Gasteiger partial charge in [-0.15, -0.1) is 5.10 Å². The second-order valence-corrected chi connectivity index (χ2v) is 6.54. The van der Waals surface area contributed by atoms with Crippen LogP contribution in [0.5, 0.6) is 0 Å². The minimum atomic E-state index is -0.235. The highest BCUT2D eigenvalue weighted by atomic mass is 35.5. The number of amides is 1. The van der Waals surface area contributed by atoms with Crippen LogP contribution in [0.15, 0.2) is 40.8 Å². The van der Waals surface area contributed by atoms with Crippen LogP contribution < -0.4 is 5.32 Å². The summed E-state index contributed by atoms with van der Waals surface area (Å²) in [4.78, 5) is 12.2. The second kappa shape index (κ2) is 7.25. The summed E-state index contributed by atoms with van der Waals surface area (Å²) in [5, 5.41) is 11.3. The molecule has 0 radical (unpaired) electrons. The van der Waals surface area contributed by atoms with Crippen molar-refractivity contribution < 1.29 is 9.21 Å². The number of nitrogens with one attached hydrogen (secondary N) is 1. The van der Waals surface area contributed by atoms with Crippen LogP contribution in [0.2, 0.25) is 10.0 Å². The number of benzene rings is 2. The SMILES string of the molecule is Cc1ccc(C)c(CC(=O)Nc2nnc(-c3cc(Cl)ccc3Cl)o2)c1. The van der Waals surface area contributed by atoms with E-state index >= 15 is 0 Å². The number of nitrogens with zero attached hydrogens (tertiary/aromatic N) is 2. The third-order valence-electron chi connectivity index (χ3n) is 3.69. The average Bonchev–Trinajstić information content (AvgIpc) is 3.01. The van der Waals surface area contributed by atoms with Crippen molar-refractivity contribution >= 4 is 35.1 Å². The van der Waals surface area contributed by atoms with E-state index in [1.165, 1.54) is 0 Å². The summed E-state index contributed by atoms with van der Waals surface area (Å²) in [6.07, 6.45) is 0.225. The molecule has 0 spiro atoms. The van der Waals surface area contributed by atoms with Crippen LogP contribution >= 0.6 is 23.2 Å². The first-order chi connectivity index (χ1) is 11.9. The molecule has 1 N–H and O–H groups in total. The van der Waals surface area contributed by atoms with E-state index in [-0.39, 0.29) is 24.2 Å². The fourth-order valence-corrected chi connectivity index (χ4v) is 2.74. The molecule has 0 aliphatic carbocycles. The first kappa shape index (κ1) is 17.5. The molecule has 2 aromatic carbocycles. The Morgan fingerprint density at radius 3 is 2.72 bits per heavy atom. The van der Waals surface area contributed by atoms with Crippen LogP contribution in [0.3, 0.4) is 0 Å². The van der Waals surface area contributed by atoms with Crippen molar-refractivity contribution in [3.63, 3.8) is 0 Å². The predicted molar refractivity (Wildman–Crippen MR) is 98.0 cm³/mol. The number of carbonyl (C=O) groups excluding carboxylic acids is 1. The maximum atomic E-state index is 12.2. The lowest BCUT2D eigenvalue weighted by atomic mass is 10.0. The molecule has 7 heteroatoms. The Kier molecular flexibility index (Phi) is 5.06. The van der Waals surface area contributed by atoms with Gasteiger partial charge in [0.05, 0.1) is 17.0 Å². The minimum absolute atomic E-state index is 0.0151. The Hall–Kier alpha value is -2.37. The quantitative estimate of drug-likeness (QED) is 0.707. The molecule has 0 saturated carbocycles. The van der Waals surface area contributed by atoms with Gasteiger partial charge in [0.15, 0.2) is 0 Å². The number of hydrogen-bond acceptors (Lipinski definition) is 4. The highest BCUT2D eigenvalue weighted by Crippen LogP contribution is 2.30. The van der Waals surface area contributed by atoms with E-state index < -0.39 is 0 Å². The lowest BCUT2D eigenvalue weighted by molar-refractivity contribution is -0.115. The molecule has 25 heavy (non-hydrogen) atoms. The summed E-state index contributed by atoms with van der Waals surface area (Å²) in [6, 6.07) is 10.9. The summed E-state index contributed by atoms with van der Waals surface area (Å²) >= 11 is 12.1. The number of aromatic nitrogens is 2. The van der Waals surface area contributed by atoms with Crippen LogP contribution in [0.1, 0.15) is 16.7 Å². The van der Waals surface area contributed by atoms with Gasteiger partial charge in [-0.3, -0.25) is 10.1 Å². The maximum Gasteiger partial charge on any atom is 0.322 e. The second-order valence-electron chi connectivity index (χ2n) is 5.69. The lowest BCUT2D eigenvalue weighted by Crippen LogP contribution is -2.15. The molecule has 1 aromatic heterocycles. The van der Waals surface area contributed by atoms with Crippen molar-refractivity contribution in [1.82, 2.24) is 10.2 Å². The molecule has 1 heterocycles. The first-order valence-corrected chi connectivity index (χ1v) is 8.33. The Morgan fingerprint density at radius 1 is 1.12 bits per heavy atom. The molecule has 5 nitrogen and oxygen atoms in total. The molecule has 3 aromatic rings. The molecular formula is C18H15Cl2N3O2. The van der Waals surface area contributed by atoms with Gasteiger partial charge in [-0.2, -0.15) is 0 Å². The number of aryl methyl sites for hydroxylation is 2. The Balaban J connectivity index is 1.74. The van der Waals surface area contributed by atoms with Crippen molar-refractivity contribution in [2.75, 3.05) is 5.32 Å². The van der Waals surface area contributed by atoms with Crippen LogP contribution in [0, 0.1) is 13.8 Å². The zero-order valence-electron chi connectivity index (χ0n) is 13.6. The summed E-state index contributed by atoms with van der Waals surface area (Å²) in [6.45, 7) is 3.95. The molecule has 0 unspecified atom stereocenters. The smallest absolute Gasteiger partial charge is 0.322 e. The van der Waals surface area contributed by atoms with Crippen LogP contribution in [-0.2, 0) is 11.2 Å². The van der Waals surface area contributed by atoms with E-state index in [0.717, 1.165) is 16.7 Å². The van der Waals surface area contributed by atoms with Gasteiger partial charge in [0.1, 0.15) is 0 Å². The predicted octanol–water partition coefficient (Wildman–Crippen LogP) is 4.84. The standard InChI is InChI=1S/C18H15Cl2N3O2/c1-10-3-4-11(2)12(7-10)8-16(24)21-18-23-22-17(25-18)14-9-13(19)5-6-15(14)20/h3-7,9H,8H2,1-2H3,(H,21,23,24). The lowest BCUT2D eigenvalue weighted by Gasteiger charge is -2.06. The molecule has 0 saturated heterocycles. The van der Waals surface area contributed by atoms with Crippen LogP contribution in [-0.4, -0.2) is 16.1 Å². The summed E-state index contributed by atoms with van der Waals surface area (Å²) in [7, 11) is 0. The number of halogens is 2. The highest BCUT2D eigenvalue weighted by molar-refractivity contribution is 6.35. The fourth-order valence-electron chi connectivity index (χ4n) is 2.37. The molecule has 0 aliphatic rings. The summed E-state index contributed by atoms with van der Waals surface area (Å²) < 4.78 is 5.47. The molecular weight excluding hydrogens is 361 g/mol. The molecule has 0 aliphatic heterocycles. The molecule has 128 valence electrons. The normalized spacial score (nSPS) is 10.7. The number of carbonyl (C=O) groups is 1. The molecule has 0 atom stereocenters. The molecule has 0 fully saturated rings. The van der Waals surface area contributed by atoms with Gasteiger partial charge in [-0.25, -0.2) is 0 Å². The molecule has 1 amide bonds. The van der Waals surface area contributed by atoms with Crippen molar-refractivity contribution in [2.45, 2.75) is 20.3 Å². The number of hydrogen-bond donors (Lipinski definition) is 1. The van der Waals surface area contributed by atoms with Crippen LogP contribution in [0.4, 0.5) is 6.01 Å². The molecule has 0 bridgehead atoms. The topological polar surface area (TPSA) is 68.0 Å². The zero-order valence-corrected chi connectivity index (χ0v) is 15.1.